The van der Waals surface area contributed by atoms with Crippen molar-refractivity contribution < 1.29 is 18.4 Å². The smallest absolute Gasteiger partial charge is 0.241 e. The molecule has 4 rings (SSSR count). The Morgan fingerprint density at radius 1 is 1.15 bits per heavy atom. The van der Waals surface area contributed by atoms with Gasteiger partial charge in [-0.15, -0.1) is 11.3 Å². The zero-order valence-electron chi connectivity index (χ0n) is 17.7. The second kappa shape index (κ2) is 9.57. The molecule has 33 heavy (non-hydrogen) atoms. The van der Waals surface area contributed by atoms with Crippen molar-refractivity contribution >= 4 is 37.4 Å². The average molecular weight is 483 g/mol. The number of methoxy groups -OCH3 is 1. The topological polar surface area (TPSA) is 127 Å². The molecule has 8 nitrogen and oxygen atoms in total. The summed E-state index contributed by atoms with van der Waals surface area (Å²) in [6.07, 6.45) is 0.315. The van der Waals surface area contributed by atoms with E-state index in [1.807, 2.05) is 24.3 Å². The second-order valence-corrected chi connectivity index (χ2v) is 10.0. The first-order valence-corrected chi connectivity index (χ1v) is 12.3. The number of nitrogens with zero attached hydrogens (tertiary/aromatic N) is 2. The maximum Gasteiger partial charge on any atom is 0.241 e. The van der Waals surface area contributed by atoms with Gasteiger partial charge in [-0.1, -0.05) is 41.6 Å². The molecule has 1 unspecified atom stereocenters. The normalized spacial score (nSPS) is 13.2. The number of amidine groups is 1. The van der Waals surface area contributed by atoms with E-state index in [0.717, 1.165) is 15.8 Å². The molecule has 0 aliphatic heterocycles. The first-order chi connectivity index (χ1) is 15.9. The monoisotopic (exact) mass is 482 g/mol. The molecular formula is C23H22N4O4S2. The van der Waals surface area contributed by atoms with Crippen LogP contribution in [0.1, 0.15) is 22.2 Å². The third-order valence-corrected chi connectivity index (χ3v) is 7.65. The lowest BCUT2D eigenvalue weighted by atomic mass is 10.0. The van der Waals surface area contributed by atoms with Crippen LogP contribution in [-0.4, -0.2) is 31.6 Å². The molecule has 10 heteroatoms. The Labute approximate surface area is 195 Å². The molecule has 0 amide bonds. The Morgan fingerprint density at radius 2 is 1.94 bits per heavy atom. The van der Waals surface area contributed by atoms with Crippen molar-refractivity contribution in [2.75, 3.05) is 7.11 Å². The maximum atomic E-state index is 13.1. The van der Waals surface area contributed by atoms with E-state index in [-0.39, 0.29) is 10.7 Å². The summed E-state index contributed by atoms with van der Waals surface area (Å²) in [5.41, 5.74) is 7.82. The quantitative estimate of drug-likeness (QED) is 0.152. The van der Waals surface area contributed by atoms with Crippen LogP contribution in [0.25, 0.3) is 10.2 Å². The molecule has 1 heterocycles. The lowest BCUT2D eigenvalue weighted by Gasteiger charge is -2.17. The zero-order valence-corrected chi connectivity index (χ0v) is 19.3. The van der Waals surface area contributed by atoms with E-state index in [1.54, 1.807) is 55.6 Å². The number of nitrogens with one attached hydrogen (secondary N) is 1. The molecule has 0 aliphatic rings. The van der Waals surface area contributed by atoms with Crippen molar-refractivity contribution in [3.05, 3.63) is 88.9 Å². The number of hydrogen-bond donors (Lipinski definition) is 3. The number of ether oxygens (including phenoxy) is 1. The first-order valence-electron chi connectivity index (χ1n) is 9.98. The number of oxime groups is 1. The van der Waals surface area contributed by atoms with Crippen molar-refractivity contribution in [1.82, 2.24) is 9.71 Å². The van der Waals surface area contributed by atoms with Gasteiger partial charge in [0.1, 0.15) is 10.8 Å². The molecule has 0 fully saturated rings. The van der Waals surface area contributed by atoms with E-state index >= 15 is 0 Å². The van der Waals surface area contributed by atoms with Gasteiger partial charge in [0.2, 0.25) is 10.0 Å². The number of aromatic nitrogens is 1. The number of benzene rings is 3. The highest BCUT2D eigenvalue weighted by Gasteiger charge is 2.25. The van der Waals surface area contributed by atoms with Gasteiger partial charge in [-0.25, -0.2) is 18.1 Å². The molecule has 170 valence electrons. The fraction of sp³-hybridized carbons (Fsp3) is 0.130. The Hall–Kier alpha value is -3.47. The van der Waals surface area contributed by atoms with Crippen LogP contribution < -0.4 is 15.2 Å². The summed E-state index contributed by atoms with van der Waals surface area (Å²) < 4.78 is 35.2. The van der Waals surface area contributed by atoms with Gasteiger partial charge in [0, 0.05) is 5.56 Å². The fourth-order valence-corrected chi connectivity index (χ4v) is 5.73. The van der Waals surface area contributed by atoms with Crippen molar-refractivity contribution in [3.63, 3.8) is 0 Å². The second-order valence-electron chi connectivity index (χ2n) is 7.26. The van der Waals surface area contributed by atoms with Crippen molar-refractivity contribution in [1.29, 1.82) is 0 Å². The summed E-state index contributed by atoms with van der Waals surface area (Å²) >= 11 is 1.40. The van der Waals surface area contributed by atoms with Gasteiger partial charge in [0.05, 0.1) is 28.3 Å². The molecule has 4 aromatic rings. The van der Waals surface area contributed by atoms with Gasteiger partial charge in [0.25, 0.3) is 0 Å². The van der Waals surface area contributed by atoms with E-state index in [1.165, 1.54) is 11.3 Å². The van der Waals surface area contributed by atoms with Crippen LogP contribution in [0.15, 0.2) is 82.8 Å². The van der Waals surface area contributed by atoms with Crippen LogP contribution in [0.5, 0.6) is 5.75 Å². The number of sulfonamides is 1. The Bertz CT molecular complexity index is 1400. The SMILES string of the molecule is COc1ccc2nc(C(Cc3cccc(C(N)=NO)c3)NS(=O)(=O)c3ccccc3)sc2c1. The van der Waals surface area contributed by atoms with E-state index in [2.05, 4.69) is 14.9 Å². The summed E-state index contributed by atoms with van der Waals surface area (Å²) in [6.45, 7) is 0. The minimum atomic E-state index is -3.81. The number of thiazole rings is 1. The number of fused-ring (bicyclic) bond motifs is 1. The largest absolute Gasteiger partial charge is 0.497 e. The molecule has 0 saturated carbocycles. The third-order valence-electron chi connectivity index (χ3n) is 5.03. The van der Waals surface area contributed by atoms with Gasteiger partial charge < -0.3 is 15.7 Å². The van der Waals surface area contributed by atoms with Crippen LogP contribution in [0.3, 0.4) is 0 Å². The van der Waals surface area contributed by atoms with Crippen LogP contribution in [0.4, 0.5) is 0 Å². The molecule has 4 N–H and O–H groups in total. The van der Waals surface area contributed by atoms with E-state index in [0.29, 0.717) is 22.7 Å². The molecule has 0 radical (unpaired) electrons. The van der Waals surface area contributed by atoms with Crippen LogP contribution in [0, 0.1) is 0 Å². The van der Waals surface area contributed by atoms with E-state index in [4.69, 9.17) is 15.7 Å². The first kappa shape index (κ1) is 22.7. The molecule has 1 aromatic heterocycles. The summed E-state index contributed by atoms with van der Waals surface area (Å²) in [7, 11) is -2.21. The van der Waals surface area contributed by atoms with Gasteiger partial charge in [-0.05, 0) is 48.4 Å². The number of hydrogen-bond acceptors (Lipinski definition) is 7. The molecule has 0 spiro atoms. The maximum absolute atomic E-state index is 13.1. The Kier molecular flexibility index (Phi) is 6.59. The lowest BCUT2D eigenvalue weighted by molar-refractivity contribution is 0.318. The Balaban J connectivity index is 1.74. The Morgan fingerprint density at radius 3 is 2.67 bits per heavy atom. The highest BCUT2D eigenvalue weighted by molar-refractivity contribution is 7.89. The molecule has 1 atom stereocenters. The van der Waals surface area contributed by atoms with Gasteiger partial charge in [-0.2, -0.15) is 0 Å². The minimum absolute atomic E-state index is 0.0228. The predicted octanol–water partition coefficient (Wildman–Crippen LogP) is 3.66. The highest BCUT2D eigenvalue weighted by Crippen LogP contribution is 2.32. The van der Waals surface area contributed by atoms with Gasteiger partial charge in [-0.3, -0.25) is 0 Å². The van der Waals surface area contributed by atoms with Crippen LogP contribution in [0.2, 0.25) is 0 Å². The molecule has 0 aliphatic carbocycles. The number of rotatable bonds is 8. The summed E-state index contributed by atoms with van der Waals surface area (Å²) in [4.78, 5) is 4.85. The third kappa shape index (κ3) is 5.14. The predicted molar refractivity (Wildman–Crippen MR) is 128 cm³/mol. The standard InChI is InChI=1S/C23H22N4O4S2/c1-31-17-10-11-19-21(14-17)32-23(25-19)20(27-33(29,30)18-8-3-2-4-9-18)13-15-6-5-7-16(12-15)22(24)26-28/h2-12,14,20,27-28H,13H2,1H3,(H2,24,26). The summed E-state index contributed by atoms with van der Waals surface area (Å²) in [6, 6.07) is 20.2. The lowest BCUT2D eigenvalue weighted by Crippen LogP contribution is -2.30. The van der Waals surface area contributed by atoms with Gasteiger partial charge >= 0.3 is 0 Å². The molecule has 0 saturated heterocycles. The molecule has 0 bridgehead atoms. The fourth-order valence-electron chi connectivity index (χ4n) is 3.38. The van der Waals surface area contributed by atoms with E-state index < -0.39 is 16.1 Å². The molecular weight excluding hydrogens is 460 g/mol. The summed E-state index contributed by atoms with van der Waals surface area (Å²) in [5.74, 6) is 0.677. The van der Waals surface area contributed by atoms with Crippen LogP contribution >= 0.6 is 11.3 Å². The zero-order chi connectivity index (χ0) is 23.4. The molecule has 3 aromatic carbocycles. The minimum Gasteiger partial charge on any atom is -0.497 e. The van der Waals surface area contributed by atoms with Crippen molar-refractivity contribution in [2.45, 2.75) is 17.4 Å². The van der Waals surface area contributed by atoms with Gasteiger partial charge in [0.15, 0.2) is 5.84 Å². The van der Waals surface area contributed by atoms with Crippen molar-refractivity contribution in [3.8, 4) is 5.75 Å². The summed E-state index contributed by atoms with van der Waals surface area (Å²) in [5, 5.41) is 12.7. The number of nitrogens with two attached hydrogens (primary N) is 1. The van der Waals surface area contributed by atoms with E-state index in [9.17, 15) is 8.42 Å². The highest BCUT2D eigenvalue weighted by atomic mass is 32.2. The van der Waals surface area contributed by atoms with Crippen molar-refractivity contribution in [2.24, 2.45) is 10.9 Å². The van der Waals surface area contributed by atoms with Crippen LogP contribution in [-0.2, 0) is 16.4 Å². The average Bonchev–Trinajstić information content (AvgIpc) is 3.27.